The number of carbonyl (C=O) groups excluding carboxylic acids is 1. The molecule has 0 aromatic heterocycles. The fourth-order valence-electron chi connectivity index (χ4n) is 3.59. The fraction of sp³-hybridized carbons (Fsp3) is 0.286. The van der Waals surface area contributed by atoms with E-state index in [0.717, 1.165) is 17.7 Å². The summed E-state index contributed by atoms with van der Waals surface area (Å²) >= 11 is 0. The van der Waals surface area contributed by atoms with E-state index >= 15 is 0 Å². The molecule has 3 rings (SSSR count). The first kappa shape index (κ1) is 30.1. The van der Waals surface area contributed by atoms with Crippen molar-refractivity contribution in [3.63, 3.8) is 0 Å². The van der Waals surface area contributed by atoms with Gasteiger partial charge in [-0.1, -0.05) is 29.8 Å². The maximum Gasteiger partial charge on any atom is 0.416 e. The summed E-state index contributed by atoms with van der Waals surface area (Å²) in [6.07, 6.45) is -5.49. The summed E-state index contributed by atoms with van der Waals surface area (Å²) in [6.45, 7) is 3.70. The Kier molecular flexibility index (Phi) is 10.7. The summed E-state index contributed by atoms with van der Waals surface area (Å²) in [5.74, 6) is -0.844. The summed E-state index contributed by atoms with van der Waals surface area (Å²) < 4.78 is 62.0. The highest BCUT2D eigenvalue weighted by Crippen LogP contribution is 2.38. The molecule has 3 aromatic carbocycles. The Balaban J connectivity index is 0.000000538. The lowest BCUT2D eigenvalue weighted by atomic mass is 9.94. The van der Waals surface area contributed by atoms with E-state index in [1.807, 2.05) is 6.92 Å². The third-order valence-corrected chi connectivity index (χ3v) is 5.53. The molecule has 3 aromatic rings. The van der Waals surface area contributed by atoms with Crippen molar-refractivity contribution in [1.82, 2.24) is 4.90 Å². The van der Waals surface area contributed by atoms with Crippen LogP contribution in [0.4, 0.5) is 22.4 Å². The molecule has 0 saturated carbocycles. The number of rotatable bonds is 7. The highest BCUT2D eigenvalue weighted by atomic mass is 19.4. The van der Waals surface area contributed by atoms with E-state index in [-0.39, 0.29) is 30.9 Å². The zero-order valence-corrected chi connectivity index (χ0v) is 21.4. The molecule has 204 valence electrons. The van der Waals surface area contributed by atoms with Gasteiger partial charge in [-0.05, 0) is 66.9 Å². The van der Waals surface area contributed by atoms with Gasteiger partial charge in [0.15, 0.2) is 0 Å². The average molecular weight is 536 g/mol. The average Bonchev–Trinajstić information content (AvgIpc) is 2.88. The number of carboxylic acids is 1. The zero-order valence-electron chi connectivity index (χ0n) is 21.4. The molecule has 0 atom stereocenters. The standard InChI is InChI=1S/C21H22F3NO5.C7H7F/c1-4-25(20(28)30-3)12-14-11-15(21(22,23)24)6-7-16(14)17-9-13(10-19(26)27)5-8-18(17)29-2;1-6-2-4-7(8)5-3-6/h5-9,11H,4,10,12H2,1-3H3,(H,26,27);2-5H,1H3. The Bertz CT molecular complexity index is 1220. The van der Waals surface area contributed by atoms with E-state index < -0.39 is 23.8 Å². The van der Waals surface area contributed by atoms with Crippen LogP contribution in [0.2, 0.25) is 0 Å². The van der Waals surface area contributed by atoms with Gasteiger partial charge in [-0.2, -0.15) is 13.2 Å². The van der Waals surface area contributed by atoms with E-state index in [1.165, 1.54) is 37.3 Å². The van der Waals surface area contributed by atoms with Crippen molar-refractivity contribution in [2.45, 2.75) is 33.0 Å². The monoisotopic (exact) mass is 535 g/mol. The highest BCUT2D eigenvalue weighted by molar-refractivity contribution is 5.77. The molecule has 0 radical (unpaired) electrons. The second-order valence-corrected chi connectivity index (χ2v) is 8.25. The van der Waals surface area contributed by atoms with Gasteiger partial charge in [0.25, 0.3) is 0 Å². The number of carbonyl (C=O) groups is 2. The number of aryl methyl sites for hydroxylation is 1. The number of aliphatic carboxylic acids is 1. The summed E-state index contributed by atoms with van der Waals surface area (Å²) in [5, 5.41) is 9.06. The number of hydrogen-bond acceptors (Lipinski definition) is 4. The van der Waals surface area contributed by atoms with Crippen LogP contribution < -0.4 is 4.74 Å². The molecular formula is C28H29F4NO5. The lowest BCUT2D eigenvalue weighted by Gasteiger charge is -2.23. The van der Waals surface area contributed by atoms with Gasteiger partial charge in [-0.3, -0.25) is 4.79 Å². The van der Waals surface area contributed by atoms with E-state index in [4.69, 9.17) is 14.6 Å². The zero-order chi connectivity index (χ0) is 28.5. The predicted octanol–water partition coefficient (Wildman–Crippen LogP) is 6.73. The van der Waals surface area contributed by atoms with Crippen molar-refractivity contribution >= 4 is 12.1 Å². The third kappa shape index (κ3) is 8.50. The Labute approximate surface area is 218 Å². The third-order valence-electron chi connectivity index (χ3n) is 5.53. The van der Waals surface area contributed by atoms with Crippen molar-refractivity contribution in [1.29, 1.82) is 0 Å². The van der Waals surface area contributed by atoms with Crippen LogP contribution in [-0.2, 0) is 28.7 Å². The van der Waals surface area contributed by atoms with Gasteiger partial charge in [0.2, 0.25) is 0 Å². The van der Waals surface area contributed by atoms with Crippen LogP contribution in [0.1, 0.15) is 29.2 Å². The summed E-state index contributed by atoms with van der Waals surface area (Å²) in [6, 6.07) is 14.3. The first-order chi connectivity index (χ1) is 17.9. The van der Waals surface area contributed by atoms with Crippen LogP contribution in [0, 0.1) is 12.7 Å². The summed E-state index contributed by atoms with van der Waals surface area (Å²) in [5.41, 5.74) is 1.75. The quantitative estimate of drug-likeness (QED) is 0.340. The predicted molar refractivity (Wildman–Crippen MR) is 134 cm³/mol. The topological polar surface area (TPSA) is 76.1 Å². The van der Waals surface area contributed by atoms with Crippen molar-refractivity contribution in [2.24, 2.45) is 0 Å². The fourth-order valence-corrected chi connectivity index (χ4v) is 3.59. The van der Waals surface area contributed by atoms with Crippen LogP contribution >= 0.6 is 0 Å². The minimum absolute atomic E-state index is 0.130. The number of ether oxygens (including phenoxy) is 2. The van der Waals surface area contributed by atoms with Gasteiger partial charge in [0, 0.05) is 18.7 Å². The minimum Gasteiger partial charge on any atom is -0.496 e. The second kappa shape index (κ2) is 13.5. The molecule has 0 fully saturated rings. The van der Waals surface area contributed by atoms with Gasteiger partial charge in [0.1, 0.15) is 11.6 Å². The molecule has 10 heteroatoms. The molecule has 0 unspecified atom stereocenters. The molecule has 0 aliphatic rings. The van der Waals surface area contributed by atoms with Crippen molar-refractivity contribution in [3.05, 3.63) is 88.7 Å². The van der Waals surface area contributed by atoms with Crippen molar-refractivity contribution in [3.8, 4) is 16.9 Å². The minimum atomic E-state index is -4.56. The molecule has 0 heterocycles. The van der Waals surface area contributed by atoms with E-state index in [1.54, 1.807) is 37.3 Å². The van der Waals surface area contributed by atoms with E-state index in [2.05, 4.69) is 0 Å². The van der Waals surface area contributed by atoms with Gasteiger partial charge in [0.05, 0.1) is 26.2 Å². The number of methoxy groups -OCH3 is 2. The van der Waals surface area contributed by atoms with Crippen molar-refractivity contribution in [2.75, 3.05) is 20.8 Å². The molecule has 1 amide bonds. The van der Waals surface area contributed by atoms with Gasteiger partial charge >= 0.3 is 18.2 Å². The molecule has 38 heavy (non-hydrogen) atoms. The Morgan fingerprint density at radius 3 is 2.11 bits per heavy atom. The van der Waals surface area contributed by atoms with E-state index in [9.17, 15) is 27.2 Å². The molecule has 0 saturated heterocycles. The molecular weight excluding hydrogens is 506 g/mol. The molecule has 6 nitrogen and oxygen atoms in total. The number of hydrogen-bond donors (Lipinski definition) is 1. The number of benzene rings is 3. The van der Waals surface area contributed by atoms with Crippen LogP contribution in [0.25, 0.3) is 11.1 Å². The molecule has 0 aliphatic carbocycles. The molecule has 0 bridgehead atoms. The lowest BCUT2D eigenvalue weighted by molar-refractivity contribution is -0.138. The second-order valence-electron chi connectivity index (χ2n) is 8.25. The van der Waals surface area contributed by atoms with E-state index in [0.29, 0.717) is 22.4 Å². The van der Waals surface area contributed by atoms with Crippen LogP contribution in [0.15, 0.2) is 60.7 Å². The number of carboxylic acid groups (broad SMARTS) is 1. The van der Waals surface area contributed by atoms with Crippen LogP contribution in [0.3, 0.4) is 0 Å². The largest absolute Gasteiger partial charge is 0.496 e. The summed E-state index contributed by atoms with van der Waals surface area (Å²) in [7, 11) is 2.60. The van der Waals surface area contributed by atoms with Gasteiger partial charge < -0.3 is 19.5 Å². The number of halogens is 4. The van der Waals surface area contributed by atoms with Crippen molar-refractivity contribution < 1.29 is 41.7 Å². The number of amides is 1. The first-order valence-corrected chi connectivity index (χ1v) is 11.5. The highest BCUT2D eigenvalue weighted by Gasteiger charge is 2.31. The maximum atomic E-state index is 13.3. The van der Waals surface area contributed by atoms with Crippen LogP contribution in [0.5, 0.6) is 5.75 Å². The number of alkyl halides is 3. The first-order valence-electron chi connectivity index (χ1n) is 11.5. The maximum absolute atomic E-state index is 13.3. The Hall–Kier alpha value is -4.08. The molecule has 0 spiro atoms. The smallest absolute Gasteiger partial charge is 0.416 e. The Morgan fingerprint density at radius 1 is 0.947 bits per heavy atom. The van der Waals surface area contributed by atoms with Gasteiger partial charge in [-0.15, -0.1) is 0 Å². The summed E-state index contributed by atoms with van der Waals surface area (Å²) in [4.78, 5) is 24.3. The Morgan fingerprint density at radius 2 is 1.61 bits per heavy atom. The lowest BCUT2D eigenvalue weighted by Crippen LogP contribution is -2.30. The van der Waals surface area contributed by atoms with Gasteiger partial charge in [-0.25, -0.2) is 9.18 Å². The number of nitrogens with zero attached hydrogens (tertiary/aromatic N) is 1. The SMILES string of the molecule is CCN(Cc1cc(C(F)(F)F)ccc1-c1cc(CC(=O)O)ccc1OC)C(=O)OC.Cc1ccc(F)cc1. The molecule has 1 N–H and O–H groups in total. The van der Waals surface area contributed by atoms with Crippen LogP contribution in [-0.4, -0.2) is 42.8 Å². The molecule has 0 aliphatic heterocycles. The normalized spacial score (nSPS) is 10.7.